The average molecular weight is 340 g/mol. The molecular weight excluding hydrogens is 326 g/mol. The molecule has 0 bridgehead atoms. The molecule has 1 heterocycles. The van der Waals surface area contributed by atoms with E-state index in [9.17, 15) is 14.4 Å². The number of hydrazine groups is 1. The van der Waals surface area contributed by atoms with E-state index in [0.717, 1.165) is 9.48 Å². The van der Waals surface area contributed by atoms with Crippen molar-refractivity contribution < 1.29 is 14.4 Å². The van der Waals surface area contributed by atoms with E-state index in [4.69, 9.17) is 0 Å². The van der Waals surface area contributed by atoms with Crippen LogP contribution in [0, 0.1) is 0 Å². The van der Waals surface area contributed by atoms with E-state index >= 15 is 0 Å². The Labute approximate surface area is 124 Å². The van der Waals surface area contributed by atoms with Crippen molar-refractivity contribution in [1.82, 2.24) is 15.8 Å². The van der Waals surface area contributed by atoms with Crippen molar-refractivity contribution >= 4 is 33.8 Å². The lowest BCUT2D eigenvalue weighted by atomic mass is 10.00. The van der Waals surface area contributed by atoms with Crippen LogP contribution >= 0.6 is 15.9 Å². The van der Waals surface area contributed by atoms with Crippen molar-refractivity contribution in [3.8, 4) is 0 Å². The second-order valence-corrected chi connectivity index (χ2v) is 5.62. The van der Waals surface area contributed by atoms with Crippen LogP contribution in [0.2, 0.25) is 0 Å². The minimum absolute atomic E-state index is 0.360. The number of carbonyl (C=O) groups excluding carboxylic acids is 3. The van der Waals surface area contributed by atoms with Gasteiger partial charge in [-0.3, -0.25) is 15.0 Å². The SMILES string of the molecule is CCC1(C)NC(=O)N(NC(=O)c2ccc(Br)cc2)C1=O. The number of imide groups is 1. The van der Waals surface area contributed by atoms with Crippen LogP contribution in [0.1, 0.15) is 30.6 Å². The quantitative estimate of drug-likeness (QED) is 0.824. The second-order valence-electron chi connectivity index (χ2n) is 4.70. The summed E-state index contributed by atoms with van der Waals surface area (Å²) in [5.41, 5.74) is 1.71. The first kappa shape index (κ1) is 14.5. The fraction of sp³-hybridized carbons (Fsp3) is 0.308. The summed E-state index contributed by atoms with van der Waals surface area (Å²) in [6.45, 7) is 3.41. The van der Waals surface area contributed by atoms with E-state index in [1.807, 2.05) is 0 Å². The molecule has 106 valence electrons. The maximum atomic E-state index is 12.1. The van der Waals surface area contributed by atoms with Crippen molar-refractivity contribution in [2.24, 2.45) is 0 Å². The molecule has 1 atom stereocenters. The van der Waals surface area contributed by atoms with Crippen molar-refractivity contribution in [1.29, 1.82) is 0 Å². The van der Waals surface area contributed by atoms with Gasteiger partial charge in [0.1, 0.15) is 5.54 Å². The van der Waals surface area contributed by atoms with Crippen molar-refractivity contribution in [3.05, 3.63) is 34.3 Å². The highest BCUT2D eigenvalue weighted by molar-refractivity contribution is 9.10. The predicted octanol–water partition coefficient (Wildman–Crippen LogP) is 1.81. The lowest BCUT2D eigenvalue weighted by Gasteiger charge is -2.19. The molecule has 7 heteroatoms. The first-order chi connectivity index (χ1) is 9.37. The average Bonchev–Trinajstić information content (AvgIpc) is 2.64. The van der Waals surface area contributed by atoms with Crippen molar-refractivity contribution in [2.45, 2.75) is 25.8 Å². The third kappa shape index (κ3) is 2.53. The molecule has 0 aromatic heterocycles. The molecule has 1 saturated heterocycles. The molecule has 1 unspecified atom stereocenters. The van der Waals surface area contributed by atoms with E-state index in [1.54, 1.807) is 38.1 Å². The van der Waals surface area contributed by atoms with Crippen LogP contribution in [0.25, 0.3) is 0 Å². The van der Waals surface area contributed by atoms with Gasteiger partial charge in [0.15, 0.2) is 0 Å². The summed E-state index contributed by atoms with van der Waals surface area (Å²) in [7, 11) is 0. The van der Waals surface area contributed by atoms with Crippen LogP contribution in [0.5, 0.6) is 0 Å². The van der Waals surface area contributed by atoms with Gasteiger partial charge in [-0.25, -0.2) is 4.79 Å². The Kier molecular flexibility index (Phi) is 3.80. The Bertz CT molecular complexity index is 573. The molecule has 1 fully saturated rings. The zero-order chi connectivity index (χ0) is 14.9. The molecule has 1 aliphatic heterocycles. The number of nitrogens with zero attached hydrogens (tertiary/aromatic N) is 1. The summed E-state index contributed by atoms with van der Waals surface area (Å²) in [4.78, 5) is 35.9. The fourth-order valence-corrected chi connectivity index (χ4v) is 2.06. The maximum absolute atomic E-state index is 12.1. The molecular formula is C13H14BrN3O3. The molecule has 2 rings (SSSR count). The highest BCUT2D eigenvalue weighted by Crippen LogP contribution is 2.19. The van der Waals surface area contributed by atoms with E-state index in [-0.39, 0.29) is 0 Å². The molecule has 0 radical (unpaired) electrons. The van der Waals surface area contributed by atoms with Gasteiger partial charge in [0.2, 0.25) is 0 Å². The van der Waals surface area contributed by atoms with Crippen LogP contribution in [0.4, 0.5) is 4.79 Å². The molecule has 2 N–H and O–H groups in total. The number of rotatable bonds is 3. The topological polar surface area (TPSA) is 78.5 Å². The molecule has 1 aromatic carbocycles. The minimum Gasteiger partial charge on any atom is -0.322 e. The smallest absolute Gasteiger partial charge is 0.322 e. The Balaban J connectivity index is 2.14. The molecule has 1 aliphatic rings. The van der Waals surface area contributed by atoms with Gasteiger partial charge in [0, 0.05) is 10.0 Å². The molecule has 0 spiro atoms. The number of hydrogen-bond acceptors (Lipinski definition) is 3. The van der Waals surface area contributed by atoms with Gasteiger partial charge in [-0.2, -0.15) is 5.01 Å². The van der Waals surface area contributed by atoms with Crippen molar-refractivity contribution in [3.63, 3.8) is 0 Å². The molecule has 0 aliphatic carbocycles. The summed E-state index contributed by atoms with van der Waals surface area (Å²) >= 11 is 3.27. The molecule has 4 amide bonds. The number of benzene rings is 1. The number of halogens is 1. The number of hydrogen-bond donors (Lipinski definition) is 2. The van der Waals surface area contributed by atoms with Gasteiger partial charge in [0.25, 0.3) is 11.8 Å². The van der Waals surface area contributed by atoms with Crippen LogP contribution in [-0.2, 0) is 4.79 Å². The highest BCUT2D eigenvalue weighted by Gasteiger charge is 2.47. The molecule has 20 heavy (non-hydrogen) atoms. The number of nitrogens with one attached hydrogen (secondary N) is 2. The predicted molar refractivity (Wildman–Crippen MR) is 75.7 cm³/mol. The van der Waals surface area contributed by atoms with Gasteiger partial charge in [-0.15, -0.1) is 0 Å². The van der Waals surface area contributed by atoms with Crippen LogP contribution < -0.4 is 10.7 Å². The normalized spacial score (nSPS) is 21.9. The summed E-state index contributed by atoms with van der Waals surface area (Å²) in [5.74, 6) is -0.975. The second kappa shape index (κ2) is 5.24. The van der Waals surface area contributed by atoms with Gasteiger partial charge < -0.3 is 5.32 Å². The van der Waals surface area contributed by atoms with Crippen LogP contribution in [0.3, 0.4) is 0 Å². The third-order valence-corrected chi connectivity index (χ3v) is 3.82. The Morgan fingerprint density at radius 1 is 1.35 bits per heavy atom. The standard InChI is InChI=1S/C13H14BrN3O3/c1-3-13(2)11(19)17(12(20)15-13)16-10(18)8-4-6-9(14)7-5-8/h4-7H,3H2,1-2H3,(H,15,20)(H,16,18). The summed E-state index contributed by atoms with van der Waals surface area (Å²) < 4.78 is 0.836. The number of amides is 4. The molecule has 0 saturated carbocycles. The van der Waals surface area contributed by atoms with Gasteiger partial charge in [0.05, 0.1) is 0 Å². The first-order valence-corrected chi connectivity index (χ1v) is 6.90. The summed E-state index contributed by atoms with van der Waals surface area (Å²) in [6.07, 6.45) is 0.447. The largest absolute Gasteiger partial charge is 0.344 e. The van der Waals surface area contributed by atoms with E-state index in [2.05, 4.69) is 26.7 Å². The molecule has 6 nitrogen and oxygen atoms in total. The van der Waals surface area contributed by atoms with Gasteiger partial charge in [-0.1, -0.05) is 22.9 Å². The Morgan fingerprint density at radius 2 is 1.95 bits per heavy atom. The Hall–Kier alpha value is -1.89. The maximum Gasteiger partial charge on any atom is 0.344 e. The number of urea groups is 1. The monoisotopic (exact) mass is 339 g/mol. The lowest BCUT2D eigenvalue weighted by molar-refractivity contribution is -0.132. The minimum atomic E-state index is -0.968. The van der Waals surface area contributed by atoms with Crippen LogP contribution in [0.15, 0.2) is 28.7 Å². The van der Waals surface area contributed by atoms with Crippen molar-refractivity contribution in [2.75, 3.05) is 0 Å². The lowest BCUT2D eigenvalue weighted by Crippen LogP contribution is -2.48. The van der Waals surface area contributed by atoms with E-state index < -0.39 is 23.4 Å². The Morgan fingerprint density at radius 3 is 2.45 bits per heavy atom. The third-order valence-electron chi connectivity index (χ3n) is 3.29. The van der Waals surface area contributed by atoms with E-state index in [1.165, 1.54) is 0 Å². The van der Waals surface area contributed by atoms with E-state index in [0.29, 0.717) is 12.0 Å². The number of carbonyl (C=O) groups is 3. The van der Waals surface area contributed by atoms with Crippen LogP contribution in [-0.4, -0.2) is 28.4 Å². The van der Waals surface area contributed by atoms with Gasteiger partial charge >= 0.3 is 6.03 Å². The first-order valence-electron chi connectivity index (χ1n) is 6.10. The van der Waals surface area contributed by atoms with Gasteiger partial charge in [-0.05, 0) is 37.6 Å². The zero-order valence-corrected chi connectivity index (χ0v) is 12.7. The summed E-state index contributed by atoms with van der Waals surface area (Å²) in [6, 6.07) is 5.98. The zero-order valence-electron chi connectivity index (χ0n) is 11.1. The fourth-order valence-electron chi connectivity index (χ4n) is 1.79. The molecule has 1 aromatic rings. The highest BCUT2D eigenvalue weighted by atomic mass is 79.9. The summed E-state index contributed by atoms with van der Waals surface area (Å²) in [5, 5.41) is 3.29.